The molecular formula is C28H44F2N4. The summed E-state index contributed by atoms with van der Waals surface area (Å²) >= 11 is 0. The average Bonchev–Trinajstić information content (AvgIpc) is 3.11. The molecule has 0 fully saturated rings. The van der Waals surface area contributed by atoms with Crippen molar-refractivity contribution < 1.29 is 8.78 Å². The first-order chi connectivity index (χ1) is 16.0. The number of aryl methyl sites for hydroxylation is 2. The number of aliphatic imine (C=N–C) groups is 1. The van der Waals surface area contributed by atoms with Gasteiger partial charge in [0.25, 0.3) is 0 Å². The highest BCUT2D eigenvalue weighted by atomic mass is 19.3. The van der Waals surface area contributed by atoms with Crippen LogP contribution in [-0.4, -0.2) is 28.5 Å². The first kappa shape index (κ1) is 29.7. The maximum atomic E-state index is 10.3. The van der Waals surface area contributed by atoms with E-state index in [1.54, 1.807) is 0 Å². The third kappa shape index (κ3) is 8.15. The topological polar surface area (TPSA) is 56.2 Å². The minimum Gasteiger partial charge on any atom is -0.330 e. The zero-order valence-electron chi connectivity index (χ0n) is 22.4. The number of benzene rings is 1. The highest BCUT2D eigenvalue weighted by molar-refractivity contribution is 6.01. The highest BCUT2D eigenvalue weighted by Gasteiger charge is 2.31. The fraction of sp³-hybridized carbons (Fsp3) is 0.571. The smallest absolute Gasteiger partial charge is 0.235 e. The van der Waals surface area contributed by atoms with Crippen molar-refractivity contribution in [2.45, 2.75) is 94.0 Å². The normalized spacial score (nSPS) is 14.5. The van der Waals surface area contributed by atoms with Gasteiger partial charge < -0.3 is 5.73 Å². The van der Waals surface area contributed by atoms with Crippen molar-refractivity contribution in [3.63, 3.8) is 0 Å². The van der Waals surface area contributed by atoms with E-state index in [4.69, 9.17) is 15.8 Å². The van der Waals surface area contributed by atoms with E-state index >= 15 is 0 Å². The Morgan fingerprint density at radius 2 is 1.91 bits per heavy atom. The van der Waals surface area contributed by atoms with Gasteiger partial charge in [-0.2, -0.15) is 5.10 Å². The van der Waals surface area contributed by atoms with Gasteiger partial charge in [0.2, 0.25) is 6.43 Å². The Balaban J connectivity index is 0.000000872. The molecule has 0 spiro atoms. The maximum Gasteiger partial charge on any atom is 0.235 e. The van der Waals surface area contributed by atoms with Gasteiger partial charge in [-0.05, 0) is 76.5 Å². The van der Waals surface area contributed by atoms with Gasteiger partial charge in [-0.3, -0.25) is 9.67 Å². The Labute approximate surface area is 205 Å². The molecule has 2 N–H and O–H groups in total. The summed E-state index contributed by atoms with van der Waals surface area (Å²) in [5.74, 6) is 0. The maximum absolute atomic E-state index is 10.3. The van der Waals surface area contributed by atoms with Gasteiger partial charge in [0.05, 0.1) is 11.4 Å². The van der Waals surface area contributed by atoms with E-state index < -0.39 is 6.43 Å². The molecule has 0 amide bonds. The quantitative estimate of drug-likeness (QED) is 0.458. The molecule has 1 aliphatic rings. The molecule has 34 heavy (non-hydrogen) atoms. The third-order valence-corrected chi connectivity index (χ3v) is 5.84. The van der Waals surface area contributed by atoms with Crippen molar-refractivity contribution in [2.75, 3.05) is 6.54 Å². The van der Waals surface area contributed by atoms with Crippen LogP contribution in [0.25, 0.3) is 5.70 Å². The van der Waals surface area contributed by atoms with Crippen LogP contribution in [0.1, 0.15) is 88.5 Å². The van der Waals surface area contributed by atoms with Gasteiger partial charge in [0.15, 0.2) is 0 Å². The highest BCUT2D eigenvalue weighted by Crippen LogP contribution is 2.36. The lowest BCUT2D eigenvalue weighted by Gasteiger charge is -2.30. The summed E-state index contributed by atoms with van der Waals surface area (Å²) in [5, 5.41) is 4.91. The van der Waals surface area contributed by atoms with E-state index in [1.807, 2.05) is 13.8 Å². The predicted octanol–water partition coefficient (Wildman–Crippen LogP) is 7.01. The van der Waals surface area contributed by atoms with E-state index in [2.05, 4.69) is 64.1 Å². The summed E-state index contributed by atoms with van der Waals surface area (Å²) in [5.41, 5.74) is 15.1. The molecule has 4 nitrogen and oxygen atoms in total. The fourth-order valence-corrected chi connectivity index (χ4v) is 4.24. The number of nitrogens with two attached hydrogens (primary N) is 1. The van der Waals surface area contributed by atoms with Crippen molar-refractivity contribution in [1.29, 1.82) is 0 Å². The number of aromatic nitrogens is 2. The van der Waals surface area contributed by atoms with Crippen molar-refractivity contribution in [2.24, 2.45) is 16.1 Å². The molecule has 0 saturated carbocycles. The molecule has 190 valence electrons. The van der Waals surface area contributed by atoms with Crippen molar-refractivity contribution in [3.8, 4) is 0 Å². The molecule has 0 unspecified atom stereocenters. The molecule has 1 heterocycles. The number of rotatable bonds is 6. The summed E-state index contributed by atoms with van der Waals surface area (Å²) < 4.78 is 22.8. The summed E-state index contributed by atoms with van der Waals surface area (Å²) in [6, 6.07) is 6.43. The van der Waals surface area contributed by atoms with Crippen LogP contribution in [0.2, 0.25) is 0 Å². The van der Waals surface area contributed by atoms with Crippen LogP contribution in [0.3, 0.4) is 0 Å². The van der Waals surface area contributed by atoms with E-state index in [9.17, 15) is 8.78 Å². The second kappa shape index (κ2) is 13.5. The van der Waals surface area contributed by atoms with Gasteiger partial charge in [-0.15, -0.1) is 0 Å². The summed E-state index contributed by atoms with van der Waals surface area (Å²) in [7, 11) is 0. The molecule has 1 aliphatic carbocycles. The Bertz CT molecular complexity index is 968. The van der Waals surface area contributed by atoms with Crippen molar-refractivity contribution in [1.82, 2.24) is 9.78 Å². The molecular weight excluding hydrogens is 430 g/mol. The molecule has 0 radical (unpaired) electrons. The molecule has 0 saturated heterocycles. The first-order valence-electron chi connectivity index (χ1n) is 12.4. The van der Waals surface area contributed by atoms with Crippen LogP contribution in [0, 0.1) is 12.3 Å². The van der Waals surface area contributed by atoms with Gasteiger partial charge in [0.1, 0.15) is 5.69 Å². The molecule has 1 aromatic heterocycles. The lowest BCUT2D eigenvalue weighted by molar-refractivity contribution is 0.171. The monoisotopic (exact) mass is 474 g/mol. The molecule has 0 bridgehead atoms. The van der Waals surface area contributed by atoms with Gasteiger partial charge in [-0.25, -0.2) is 8.78 Å². The summed E-state index contributed by atoms with van der Waals surface area (Å²) in [6.07, 6.45) is 2.08. The average molecular weight is 475 g/mol. The minimum absolute atomic E-state index is 0.342. The van der Waals surface area contributed by atoms with Crippen molar-refractivity contribution >= 4 is 11.4 Å². The Morgan fingerprint density at radius 1 is 1.29 bits per heavy atom. The van der Waals surface area contributed by atoms with E-state index in [1.165, 1.54) is 28.8 Å². The first-order valence-corrected chi connectivity index (χ1v) is 12.4. The Morgan fingerprint density at radius 3 is 2.44 bits per heavy atom. The number of halogens is 2. The number of hydrogen-bond acceptors (Lipinski definition) is 3. The number of fused-ring (bicyclic) bond motifs is 1. The van der Waals surface area contributed by atoms with E-state index in [0.29, 0.717) is 12.0 Å². The standard InChI is InChI=1S/C24H34N4.C2H4F2.C2H6/c1-7-28-22-15-24(5,6)12-10-21(22)23(27-28)18(4)26-17(3)20-9-8-19(11-13-25)14-16(20)2;1-2(3)4;1-2/h8-9,14H,3,7,10-13,15,25H2,1-2,4-6H3;2H,1H3;1-2H3. The van der Waals surface area contributed by atoms with E-state index in [-0.39, 0.29) is 0 Å². The lowest BCUT2D eigenvalue weighted by Crippen LogP contribution is -2.24. The molecule has 0 atom stereocenters. The third-order valence-electron chi connectivity index (χ3n) is 5.84. The van der Waals surface area contributed by atoms with Gasteiger partial charge in [-0.1, -0.05) is 52.5 Å². The predicted molar refractivity (Wildman–Crippen MR) is 142 cm³/mol. The van der Waals surface area contributed by atoms with Crippen molar-refractivity contribution in [3.05, 3.63) is 58.4 Å². The molecule has 6 heteroatoms. The summed E-state index contributed by atoms with van der Waals surface area (Å²) in [4.78, 5) is 4.87. The van der Waals surface area contributed by atoms with Gasteiger partial charge in [0, 0.05) is 23.4 Å². The lowest BCUT2D eigenvalue weighted by atomic mass is 9.76. The van der Waals surface area contributed by atoms with Crippen LogP contribution in [0.4, 0.5) is 8.78 Å². The van der Waals surface area contributed by atoms with Gasteiger partial charge >= 0.3 is 0 Å². The second-order valence-corrected chi connectivity index (χ2v) is 9.28. The minimum atomic E-state index is -2.17. The Hall–Kier alpha value is -2.34. The zero-order chi connectivity index (χ0) is 26.1. The largest absolute Gasteiger partial charge is 0.330 e. The van der Waals surface area contributed by atoms with Crippen LogP contribution in [0.5, 0.6) is 0 Å². The SMILES string of the molecule is C=C(N=C(C)c1nn(CC)c2c1CCC(C)(C)C2)c1ccc(CCN)cc1C.CC.CC(F)F. The number of hydrogen-bond donors (Lipinski definition) is 1. The second-order valence-electron chi connectivity index (χ2n) is 9.28. The van der Waals surface area contributed by atoms with Crippen LogP contribution in [-0.2, 0) is 25.8 Å². The molecule has 1 aromatic carbocycles. The Kier molecular flexibility index (Phi) is 11.8. The molecule has 3 rings (SSSR count). The van der Waals surface area contributed by atoms with Crippen LogP contribution < -0.4 is 5.73 Å². The number of alkyl halides is 2. The molecule has 0 aliphatic heterocycles. The number of nitrogens with zero attached hydrogens (tertiary/aromatic N) is 3. The van der Waals surface area contributed by atoms with Crippen LogP contribution >= 0.6 is 0 Å². The fourth-order valence-electron chi connectivity index (χ4n) is 4.24. The molecule has 2 aromatic rings. The van der Waals surface area contributed by atoms with E-state index in [0.717, 1.165) is 55.4 Å². The summed E-state index contributed by atoms with van der Waals surface area (Å²) in [6.45, 7) is 21.7. The zero-order valence-corrected chi connectivity index (χ0v) is 22.4. The van der Waals surface area contributed by atoms with Crippen LogP contribution in [0.15, 0.2) is 29.8 Å².